The normalized spacial score (nSPS) is 13.8. The summed E-state index contributed by atoms with van der Waals surface area (Å²) in [7, 11) is -3.51. The van der Waals surface area contributed by atoms with Crippen molar-refractivity contribution in [1.29, 1.82) is 0 Å². The fourth-order valence-electron chi connectivity index (χ4n) is 2.56. The molecule has 0 radical (unpaired) electrons. The number of fused-ring (bicyclic) bond motifs is 1. The summed E-state index contributed by atoms with van der Waals surface area (Å²) < 4.78 is 31.3. The van der Waals surface area contributed by atoms with Crippen LogP contribution in [0.25, 0.3) is 10.9 Å². The van der Waals surface area contributed by atoms with Crippen LogP contribution in [-0.2, 0) is 26.0 Å². The smallest absolute Gasteiger partial charge is 0.322 e. The molecule has 0 fully saturated rings. The molecule has 2 rings (SSSR count). The van der Waals surface area contributed by atoms with E-state index in [1.807, 2.05) is 6.07 Å². The molecule has 0 amide bonds. The summed E-state index contributed by atoms with van der Waals surface area (Å²) in [6.07, 6.45) is 1.93. The number of carbonyl (C=O) groups excluding carboxylic acids is 1. The number of hydrogen-bond acceptors (Lipinski definition) is 5. The highest BCUT2D eigenvalue weighted by Crippen LogP contribution is 2.22. The molecule has 0 bridgehead atoms. The van der Waals surface area contributed by atoms with Crippen molar-refractivity contribution in [3.8, 4) is 0 Å². The minimum Gasteiger partial charge on any atom is -0.468 e. The van der Waals surface area contributed by atoms with Gasteiger partial charge in [0.1, 0.15) is 6.04 Å². The molecular weight excluding hydrogens is 356 g/mol. The minimum absolute atomic E-state index is 0.154. The summed E-state index contributed by atoms with van der Waals surface area (Å²) in [6.45, 7) is 6.48. The summed E-state index contributed by atoms with van der Waals surface area (Å²) in [4.78, 5) is 11.4. The Morgan fingerprint density at radius 3 is 2.56 bits per heavy atom. The van der Waals surface area contributed by atoms with Crippen LogP contribution in [0.5, 0.6) is 0 Å². The number of aromatic nitrogens is 1. The molecule has 8 heteroatoms. The standard InChI is InChI=1S/C17H26N2O4SSi/c1-23-17(20)15(18)12-13-5-6-16-14(11-13)7-8-19(16)24(21,22)9-10-25(2,3)4/h5-8,11,15H,9-10,12,18H2,1-4H3. The van der Waals surface area contributed by atoms with Crippen molar-refractivity contribution in [3.05, 3.63) is 36.0 Å². The average molecular weight is 383 g/mol. The van der Waals surface area contributed by atoms with E-state index in [-0.39, 0.29) is 5.75 Å². The number of nitrogens with two attached hydrogens (primary N) is 1. The van der Waals surface area contributed by atoms with Crippen LogP contribution in [0.4, 0.5) is 0 Å². The molecular formula is C17H26N2O4SSi. The molecule has 0 saturated heterocycles. The number of nitrogens with zero attached hydrogens (tertiary/aromatic N) is 1. The molecule has 1 aromatic carbocycles. The molecule has 138 valence electrons. The lowest BCUT2D eigenvalue weighted by molar-refractivity contribution is -0.142. The predicted molar refractivity (Wildman–Crippen MR) is 103 cm³/mol. The second kappa shape index (κ2) is 7.31. The molecule has 1 unspecified atom stereocenters. The van der Waals surface area contributed by atoms with Crippen molar-refractivity contribution < 1.29 is 17.9 Å². The van der Waals surface area contributed by atoms with E-state index in [0.717, 1.165) is 17.0 Å². The van der Waals surface area contributed by atoms with E-state index in [9.17, 15) is 13.2 Å². The summed E-state index contributed by atoms with van der Waals surface area (Å²) >= 11 is 0. The van der Waals surface area contributed by atoms with Gasteiger partial charge in [-0.15, -0.1) is 0 Å². The molecule has 0 aliphatic heterocycles. The highest BCUT2D eigenvalue weighted by Gasteiger charge is 2.22. The highest BCUT2D eigenvalue weighted by atomic mass is 32.2. The fraction of sp³-hybridized carbons (Fsp3) is 0.471. The Kier molecular flexibility index (Phi) is 5.75. The van der Waals surface area contributed by atoms with Crippen molar-refractivity contribution in [2.24, 2.45) is 5.73 Å². The summed E-state index contributed by atoms with van der Waals surface area (Å²) in [5, 5.41) is 0.811. The number of benzene rings is 1. The summed E-state index contributed by atoms with van der Waals surface area (Å²) in [5.41, 5.74) is 7.29. The van der Waals surface area contributed by atoms with Crippen molar-refractivity contribution in [1.82, 2.24) is 3.97 Å². The third kappa shape index (κ3) is 4.93. The van der Waals surface area contributed by atoms with Gasteiger partial charge in [-0.25, -0.2) is 12.4 Å². The lowest BCUT2D eigenvalue weighted by atomic mass is 10.1. The maximum absolute atomic E-state index is 12.6. The molecule has 0 aliphatic rings. The molecule has 0 spiro atoms. The topological polar surface area (TPSA) is 91.4 Å². The van der Waals surface area contributed by atoms with Crippen LogP contribution in [0.2, 0.25) is 25.7 Å². The van der Waals surface area contributed by atoms with Gasteiger partial charge in [0.15, 0.2) is 0 Å². The van der Waals surface area contributed by atoms with E-state index in [1.54, 1.807) is 24.4 Å². The van der Waals surface area contributed by atoms with Gasteiger partial charge in [-0.3, -0.25) is 4.79 Å². The molecule has 1 heterocycles. The third-order valence-corrected chi connectivity index (χ3v) is 7.84. The zero-order valence-corrected chi connectivity index (χ0v) is 17.0. The SMILES string of the molecule is COC(=O)C(N)Cc1ccc2c(ccn2S(=O)(=O)CC[Si](C)(C)C)c1. The molecule has 0 saturated carbocycles. The largest absolute Gasteiger partial charge is 0.468 e. The van der Waals surface area contributed by atoms with Crippen LogP contribution in [-0.4, -0.2) is 45.3 Å². The van der Waals surface area contributed by atoms with Gasteiger partial charge in [-0.1, -0.05) is 25.7 Å². The van der Waals surface area contributed by atoms with Crippen LogP contribution in [0.3, 0.4) is 0 Å². The average Bonchev–Trinajstić information content (AvgIpc) is 2.95. The van der Waals surface area contributed by atoms with Crippen LogP contribution in [0.15, 0.2) is 30.5 Å². The van der Waals surface area contributed by atoms with Gasteiger partial charge in [0, 0.05) is 19.7 Å². The Bertz CT molecular complexity index is 868. The van der Waals surface area contributed by atoms with Gasteiger partial charge >= 0.3 is 5.97 Å². The predicted octanol–water partition coefficient (Wildman–Crippen LogP) is 2.20. The Balaban J connectivity index is 2.26. The zero-order chi connectivity index (χ0) is 18.8. The van der Waals surface area contributed by atoms with E-state index >= 15 is 0 Å². The van der Waals surface area contributed by atoms with Crippen molar-refractivity contribution >= 4 is 35.0 Å². The van der Waals surface area contributed by atoms with Gasteiger partial charge in [-0.2, -0.15) is 0 Å². The number of hydrogen-bond donors (Lipinski definition) is 1. The summed E-state index contributed by atoms with van der Waals surface area (Å²) in [6, 6.07) is 7.19. The zero-order valence-electron chi connectivity index (χ0n) is 15.2. The van der Waals surface area contributed by atoms with Crippen molar-refractivity contribution in [3.63, 3.8) is 0 Å². The Hall–Kier alpha value is -1.64. The van der Waals surface area contributed by atoms with E-state index in [2.05, 4.69) is 24.4 Å². The number of rotatable bonds is 7. The Morgan fingerprint density at radius 2 is 1.96 bits per heavy atom. The quantitative estimate of drug-likeness (QED) is 0.585. The molecule has 0 aliphatic carbocycles. The maximum Gasteiger partial charge on any atom is 0.322 e. The van der Waals surface area contributed by atoms with Crippen molar-refractivity contribution in [2.45, 2.75) is 38.1 Å². The van der Waals surface area contributed by atoms with Crippen LogP contribution in [0.1, 0.15) is 5.56 Å². The third-order valence-electron chi connectivity index (χ3n) is 4.09. The van der Waals surface area contributed by atoms with E-state index < -0.39 is 30.1 Å². The van der Waals surface area contributed by atoms with E-state index in [0.29, 0.717) is 11.9 Å². The van der Waals surface area contributed by atoms with Gasteiger partial charge in [-0.05, 0) is 36.2 Å². The number of methoxy groups -OCH3 is 1. The molecule has 2 aromatic rings. The van der Waals surface area contributed by atoms with Gasteiger partial charge in [0.05, 0.1) is 18.4 Å². The van der Waals surface area contributed by atoms with Crippen molar-refractivity contribution in [2.75, 3.05) is 12.9 Å². The first-order chi connectivity index (χ1) is 11.5. The lowest BCUT2D eigenvalue weighted by Crippen LogP contribution is -2.33. The molecule has 6 nitrogen and oxygen atoms in total. The minimum atomic E-state index is -3.38. The Labute approximate surface area is 150 Å². The number of ether oxygens (including phenoxy) is 1. The van der Waals surface area contributed by atoms with Gasteiger partial charge in [0.2, 0.25) is 10.0 Å². The first kappa shape index (κ1) is 19.7. The van der Waals surface area contributed by atoms with Crippen LogP contribution in [0, 0.1) is 0 Å². The van der Waals surface area contributed by atoms with Gasteiger partial charge < -0.3 is 10.5 Å². The monoisotopic (exact) mass is 382 g/mol. The maximum atomic E-state index is 12.6. The molecule has 1 atom stereocenters. The second-order valence-corrected chi connectivity index (χ2v) is 15.1. The van der Waals surface area contributed by atoms with Crippen LogP contribution < -0.4 is 5.73 Å². The molecule has 25 heavy (non-hydrogen) atoms. The Morgan fingerprint density at radius 1 is 1.28 bits per heavy atom. The number of carbonyl (C=O) groups is 1. The lowest BCUT2D eigenvalue weighted by Gasteiger charge is -2.16. The fourth-order valence-corrected chi connectivity index (χ4v) is 6.95. The number of esters is 1. The first-order valence-electron chi connectivity index (χ1n) is 8.20. The highest BCUT2D eigenvalue weighted by molar-refractivity contribution is 7.90. The van der Waals surface area contributed by atoms with Crippen LogP contribution >= 0.6 is 0 Å². The van der Waals surface area contributed by atoms with E-state index in [1.165, 1.54) is 11.1 Å². The second-order valence-electron chi connectivity index (χ2n) is 7.47. The molecule has 2 N–H and O–H groups in total. The summed E-state index contributed by atoms with van der Waals surface area (Å²) in [5.74, 6) is -0.312. The first-order valence-corrected chi connectivity index (χ1v) is 13.5. The molecule has 1 aromatic heterocycles. The van der Waals surface area contributed by atoms with E-state index in [4.69, 9.17) is 5.73 Å². The van der Waals surface area contributed by atoms with Gasteiger partial charge in [0.25, 0.3) is 0 Å².